The SMILES string of the molecule is COc1ccc(-c2cn[nH]c2-c2cccc(C=O)c2)cc1. The zero-order valence-corrected chi connectivity index (χ0v) is 11.5. The molecule has 0 fully saturated rings. The molecule has 0 aliphatic rings. The van der Waals surface area contributed by atoms with Crippen LogP contribution >= 0.6 is 0 Å². The molecule has 1 N–H and O–H groups in total. The summed E-state index contributed by atoms with van der Waals surface area (Å²) in [5.41, 5.74) is 4.49. The van der Waals surface area contributed by atoms with Crippen LogP contribution in [0.25, 0.3) is 22.4 Å². The van der Waals surface area contributed by atoms with Crippen molar-refractivity contribution in [2.45, 2.75) is 0 Å². The normalized spacial score (nSPS) is 10.3. The third kappa shape index (κ3) is 2.56. The monoisotopic (exact) mass is 278 g/mol. The second-order valence-corrected chi connectivity index (χ2v) is 4.63. The predicted octanol–water partition coefficient (Wildman–Crippen LogP) is 3.56. The van der Waals surface area contributed by atoms with Gasteiger partial charge >= 0.3 is 0 Å². The average Bonchev–Trinajstić information content (AvgIpc) is 3.04. The minimum Gasteiger partial charge on any atom is -0.497 e. The Morgan fingerprint density at radius 2 is 1.90 bits per heavy atom. The average molecular weight is 278 g/mol. The van der Waals surface area contributed by atoms with E-state index in [0.29, 0.717) is 5.56 Å². The van der Waals surface area contributed by atoms with Gasteiger partial charge in [0.1, 0.15) is 12.0 Å². The molecule has 4 heteroatoms. The molecule has 4 nitrogen and oxygen atoms in total. The molecular weight excluding hydrogens is 264 g/mol. The lowest BCUT2D eigenvalue weighted by Crippen LogP contribution is -1.86. The Labute approximate surface area is 122 Å². The summed E-state index contributed by atoms with van der Waals surface area (Å²) in [5, 5.41) is 7.13. The van der Waals surface area contributed by atoms with E-state index in [4.69, 9.17) is 4.74 Å². The van der Waals surface area contributed by atoms with Crippen molar-refractivity contribution in [1.82, 2.24) is 10.2 Å². The van der Waals surface area contributed by atoms with Gasteiger partial charge in [-0.3, -0.25) is 9.89 Å². The number of rotatable bonds is 4. The summed E-state index contributed by atoms with van der Waals surface area (Å²) >= 11 is 0. The summed E-state index contributed by atoms with van der Waals surface area (Å²) in [4.78, 5) is 10.9. The lowest BCUT2D eigenvalue weighted by molar-refractivity contribution is 0.112. The summed E-state index contributed by atoms with van der Waals surface area (Å²) < 4.78 is 5.17. The van der Waals surface area contributed by atoms with Gasteiger partial charge in [0.05, 0.1) is 19.0 Å². The fourth-order valence-corrected chi connectivity index (χ4v) is 2.26. The highest BCUT2D eigenvalue weighted by atomic mass is 16.5. The summed E-state index contributed by atoms with van der Waals surface area (Å²) in [5.74, 6) is 0.812. The minimum atomic E-state index is 0.641. The van der Waals surface area contributed by atoms with Crippen molar-refractivity contribution in [3.05, 3.63) is 60.3 Å². The quantitative estimate of drug-likeness (QED) is 0.742. The van der Waals surface area contributed by atoms with Crippen molar-refractivity contribution in [2.75, 3.05) is 7.11 Å². The largest absolute Gasteiger partial charge is 0.497 e. The third-order valence-electron chi connectivity index (χ3n) is 3.35. The molecule has 0 spiro atoms. The fourth-order valence-electron chi connectivity index (χ4n) is 2.26. The standard InChI is InChI=1S/C17H14N2O2/c1-21-15-7-5-13(6-8-15)16-10-18-19-17(16)14-4-2-3-12(9-14)11-20/h2-11H,1H3,(H,18,19). The Bertz CT molecular complexity index is 760. The Morgan fingerprint density at radius 3 is 2.62 bits per heavy atom. The van der Waals surface area contributed by atoms with Gasteiger partial charge in [0.15, 0.2) is 0 Å². The van der Waals surface area contributed by atoms with Gasteiger partial charge in [0.25, 0.3) is 0 Å². The Balaban J connectivity index is 2.05. The van der Waals surface area contributed by atoms with E-state index in [9.17, 15) is 4.79 Å². The zero-order chi connectivity index (χ0) is 14.7. The van der Waals surface area contributed by atoms with E-state index in [2.05, 4.69) is 10.2 Å². The van der Waals surface area contributed by atoms with Gasteiger partial charge in [-0.25, -0.2) is 0 Å². The maximum Gasteiger partial charge on any atom is 0.150 e. The number of carbonyl (C=O) groups excluding carboxylic acids is 1. The number of ether oxygens (including phenoxy) is 1. The third-order valence-corrected chi connectivity index (χ3v) is 3.35. The highest BCUT2D eigenvalue weighted by Gasteiger charge is 2.10. The number of aldehydes is 1. The van der Waals surface area contributed by atoms with Crippen LogP contribution in [0.3, 0.4) is 0 Å². The number of hydrogen-bond donors (Lipinski definition) is 1. The summed E-state index contributed by atoms with van der Waals surface area (Å²) in [6.45, 7) is 0. The maximum absolute atomic E-state index is 10.9. The first-order valence-corrected chi connectivity index (χ1v) is 6.55. The molecule has 3 rings (SSSR count). The molecule has 1 heterocycles. The molecule has 0 unspecified atom stereocenters. The highest BCUT2D eigenvalue weighted by Crippen LogP contribution is 2.31. The van der Waals surface area contributed by atoms with E-state index in [-0.39, 0.29) is 0 Å². The van der Waals surface area contributed by atoms with Crippen molar-refractivity contribution in [1.29, 1.82) is 0 Å². The van der Waals surface area contributed by atoms with Crippen LogP contribution in [0.1, 0.15) is 10.4 Å². The zero-order valence-electron chi connectivity index (χ0n) is 11.5. The van der Waals surface area contributed by atoms with Crippen molar-refractivity contribution >= 4 is 6.29 Å². The summed E-state index contributed by atoms with van der Waals surface area (Å²) in [7, 11) is 1.64. The van der Waals surface area contributed by atoms with E-state index >= 15 is 0 Å². The topological polar surface area (TPSA) is 55.0 Å². The lowest BCUT2D eigenvalue weighted by Gasteiger charge is -2.05. The minimum absolute atomic E-state index is 0.641. The Kier molecular flexibility index (Phi) is 3.51. The van der Waals surface area contributed by atoms with Crippen LogP contribution in [0.15, 0.2) is 54.7 Å². The van der Waals surface area contributed by atoms with E-state index in [1.807, 2.05) is 42.5 Å². The number of nitrogens with zero attached hydrogens (tertiary/aromatic N) is 1. The first kappa shape index (κ1) is 13.1. The molecule has 0 radical (unpaired) electrons. The molecule has 0 saturated heterocycles. The van der Waals surface area contributed by atoms with Crippen LogP contribution in [0.4, 0.5) is 0 Å². The molecule has 1 aromatic heterocycles. The van der Waals surface area contributed by atoms with E-state index < -0.39 is 0 Å². The molecule has 0 aliphatic heterocycles. The molecule has 21 heavy (non-hydrogen) atoms. The van der Waals surface area contributed by atoms with Gasteiger partial charge in [-0.05, 0) is 23.8 Å². The molecular formula is C17H14N2O2. The first-order chi connectivity index (χ1) is 10.3. The van der Waals surface area contributed by atoms with Gasteiger partial charge in [0, 0.05) is 16.7 Å². The van der Waals surface area contributed by atoms with Crippen LogP contribution in [-0.2, 0) is 0 Å². The van der Waals surface area contributed by atoms with Crippen molar-refractivity contribution < 1.29 is 9.53 Å². The molecule has 3 aromatic rings. The van der Waals surface area contributed by atoms with E-state index in [1.54, 1.807) is 19.4 Å². The number of hydrogen-bond acceptors (Lipinski definition) is 3. The number of carbonyl (C=O) groups is 1. The second-order valence-electron chi connectivity index (χ2n) is 4.63. The van der Waals surface area contributed by atoms with Gasteiger partial charge in [0.2, 0.25) is 0 Å². The van der Waals surface area contributed by atoms with Crippen molar-refractivity contribution in [2.24, 2.45) is 0 Å². The Hall–Kier alpha value is -2.88. The maximum atomic E-state index is 10.9. The van der Waals surface area contributed by atoms with Gasteiger partial charge < -0.3 is 4.74 Å². The van der Waals surface area contributed by atoms with Gasteiger partial charge in [-0.2, -0.15) is 5.10 Å². The molecule has 0 aliphatic carbocycles. The number of aromatic nitrogens is 2. The van der Waals surface area contributed by atoms with Gasteiger partial charge in [-0.15, -0.1) is 0 Å². The predicted molar refractivity (Wildman–Crippen MR) is 81.4 cm³/mol. The lowest BCUT2D eigenvalue weighted by atomic mass is 10.0. The molecule has 0 bridgehead atoms. The summed E-state index contributed by atoms with van der Waals surface area (Å²) in [6, 6.07) is 15.2. The van der Waals surface area contributed by atoms with Crippen LogP contribution in [0.5, 0.6) is 5.75 Å². The molecule has 104 valence electrons. The number of H-pyrrole nitrogens is 1. The number of nitrogens with one attached hydrogen (secondary N) is 1. The van der Waals surface area contributed by atoms with Crippen LogP contribution in [0.2, 0.25) is 0 Å². The van der Waals surface area contributed by atoms with Crippen LogP contribution < -0.4 is 4.74 Å². The van der Waals surface area contributed by atoms with E-state index in [1.165, 1.54) is 0 Å². The number of methoxy groups -OCH3 is 1. The first-order valence-electron chi connectivity index (χ1n) is 6.55. The molecule has 2 aromatic carbocycles. The molecule has 0 atom stereocenters. The number of benzene rings is 2. The molecule has 0 saturated carbocycles. The number of aromatic amines is 1. The van der Waals surface area contributed by atoms with Crippen molar-refractivity contribution in [3.63, 3.8) is 0 Å². The van der Waals surface area contributed by atoms with E-state index in [0.717, 1.165) is 34.4 Å². The van der Waals surface area contributed by atoms with Crippen molar-refractivity contribution in [3.8, 4) is 28.1 Å². The summed E-state index contributed by atoms with van der Waals surface area (Å²) in [6.07, 6.45) is 2.62. The second kappa shape index (κ2) is 5.63. The van der Waals surface area contributed by atoms with Crippen LogP contribution in [-0.4, -0.2) is 23.6 Å². The van der Waals surface area contributed by atoms with Crippen LogP contribution in [0, 0.1) is 0 Å². The van der Waals surface area contributed by atoms with Gasteiger partial charge in [-0.1, -0.05) is 30.3 Å². The smallest absolute Gasteiger partial charge is 0.150 e. The highest BCUT2D eigenvalue weighted by molar-refractivity contribution is 5.84. The Morgan fingerprint density at radius 1 is 1.10 bits per heavy atom. The molecule has 0 amide bonds. The fraction of sp³-hybridized carbons (Fsp3) is 0.0588.